The topological polar surface area (TPSA) is 56.7 Å². The van der Waals surface area contributed by atoms with E-state index in [1.54, 1.807) is 0 Å². The van der Waals surface area contributed by atoms with Crippen LogP contribution >= 0.6 is 0 Å². The molecule has 0 bridgehead atoms. The molecule has 0 spiro atoms. The van der Waals surface area contributed by atoms with Gasteiger partial charge in [0.15, 0.2) is 5.96 Å². The Morgan fingerprint density at radius 3 is 2.82 bits per heavy atom. The van der Waals surface area contributed by atoms with Gasteiger partial charge in [0.05, 0.1) is 13.2 Å². The van der Waals surface area contributed by atoms with Crippen molar-refractivity contribution >= 4 is 5.96 Å². The number of aliphatic hydroxyl groups is 1. The Morgan fingerprint density at radius 2 is 2.18 bits per heavy atom. The highest BCUT2D eigenvalue weighted by molar-refractivity contribution is 5.79. The van der Waals surface area contributed by atoms with Crippen LogP contribution in [-0.4, -0.2) is 30.8 Å². The third-order valence-corrected chi connectivity index (χ3v) is 2.25. The SMILES string of the molecule is CCNC(=NCc1cccc(C)c1)NCCO. The van der Waals surface area contributed by atoms with Crippen molar-refractivity contribution in [3.05, 3.63) is 35.4 Å². The van der Waals surface area contributed by atoms with E-state index in [0.29, 0.717) is 13.1 Å². The van der Waals surface area contributed by atoms with Crippen molar-refractivity contribution in [1.29, 1.82) is 0 Å². The van der Waals surface area contributed by atoms with Crippen molar-refractivity contribution < 1.29 is 5.11 Å². The van der Waals surface area contributed by atoms with Crippen LogP contribution in [-0.2, 0) is 6.54 Å². The van der Waals surface area contributed by atoms with Gasteiger partial charge in [-0.1, -0.05) is 29.8 Å². The summed E-state index contributed by atoms with van der Waals surface area (Å²) in [5.74, 6) is 0.739. The molecule has 0 saturated heterocycles. The Bertz CT molecular complexity index is 363. The Balaban J connectivity index is 2.58. The van der Waals surface area contributed by atoms with Gasteiger partial charge in [0, 0.05) is 13.1 Å². The molecule has 0 aliphatic rings. The third-order valence-electron chi connectivity index (χ3n) is 2.25. The highest BCUT2D eigenvalue weighted by atomic mass is 16.3. The number of rotatable bonds is 5. The lowest BCUT2D eigenvalue weighted by atomic mass is 10.1. The molecule has 94 valence electrons. The zero-order valence-corrected chi connectivity index (χ0v) is 10.5. The van der Waals surface area contributed by atoms with Crippen LogP contribution < -0.4 is 10.6 Å². The monoisotopic (exact) mass is 235 g/mol. The van der Waals surface area contributed by atoms with Gasteiger partial charge in [-0.3, -0.25) is 0 Å². The fourth-order valence-electron chi connectivity index (χ4n) is 1.50. The largest absolute Gasteiger partial charge is 0.395 e. The first-order valence-corrected chi connectivity index (χ1v) is 5.95. The minimum Gasteiger partial charge on any atom is -0.395 e. The maximum Gasteiger partial charge on any atom is 0.191 e. The van der Waals surface area contributed by atoms with Crippen molar-refractivity contribution in [2.45, 2.75) is 20.4 Å². The molecule has 17 heavy (non-hydrogen) atoms. The molecule has 0 aliphatic heterocycles. The van der Waals surface area contributed by atoms with E-state index in [1.807, 2.05) is 13.0 Å². The molecule has 0 atom stereocenters. The maximum absolute atomic E-state index is 8.76. The molecule has 0 fully saturated rings. The summed E-state index contributed by atoms with van der Waals surface area (Å²) in [7, 11) is 0. The van der Waals surface area contributed by atoms with Gasteiger partial charge < -0.3 is 15.7 Å². The van der Waals surface area contributed by atoms with E-state index >= 15 is 0 Å². The van der Waals surface area contributed by atoms with Crippen LogP contribution in [0, 0.1) is 6.92 Å². The first-order valence-electron chi connectivity index (χ1n) is 5.95. The number of benzene rings is 1. The van der Waals surface area contributed by atoms with Gasteiger partial charge in [-0.25, -0.2) is 4.99 Å². The zero-order chi connectivity index (χ0) is 12.5. The summed E-state index contributed by atoms with van der Waals surface area (Å²) in [6.45, 7) is 6.16. The minimum atomic E-state index is 0.106. The highest BCUT2D eigenvalue weighted by Gasteiger charge is 1.96. The van der Waals surface area contributed by atoms with Crippen LogP contribution in [0.4, 0.5) is 0 Å². The van der Waals surface area contributed by atoms with Crippen molar-refractivity contribution in [1.82, 2.24) is 10.6 Å². The Morgan fingerprint density at radius 1 is 1.35 bits per heavy atom. The summed E-state index contributed by atoms with van der Waals surface area (Å²) < 4.78 is 0. The number of aryl methyl sites for hydroxylation is 1. The van der Waals surface area contributed by atoms with E-state index in [9.17, 15) is 0 Å². The summed E-state index contributed by atoms with van der Waals surface area (Å²) in [5, 5.41) is 14.9. The minimum absolute atomic E-state index is 0.106. The molecule has 3 N–H and O–H groups in total. The van der Waals surface area contributed by atoms with E-state index in [2.05, 4.69) is 40.7 Å². The second-order valence-electron chi connectivity index (χ2n) is 3.83. The lowest BCUT2D eigenvalue weighted by molar-refractivity contribution is 0.300. The summed E-state index contributed by atoms with van der Waals surface area (Å²) in [4.78, 5) is 4.45. The molecule has 0 radical (unpaired) electrons. The summed E-state index contributed by atoms with van der Waals surface area (Å²) >= 11 is 0. The van der Waals surface area contributed by atoms with Gasteiger partial charge >= 0.3 is 0 Å². The molecule has 0 amide bonds. The number of aliphatic hydroxyl groups excluding tert-OH is 1. The Kier molecular flexibility index (Phi) is 6.10. The lowest BCUT2D eigenvalue weighted by Crippen LogP contribution is -2.38. The van der Waals surface area contributed by atoms with Crippen LogP contribution in [0.2, 0.25) is 0 Å². The van der Waals surface area contributed by atoms with Gasteiger partial charge in [0.1, 0.15) is 0 Å². The number of guanidine groups is 1. The predicted octanol–water partition coefficient (Wildman–Crippen LogP) is 1.04. The summed E-state index contributed by atoms with van der Waals surface area (Å²) in [6, 6.07) is 8.29. The Hall–Kier alpha value is -1.55. The predicted molar refractivity (Wildman–Crippen MR) is 71.1 cm³/mol. The molecule has 1 rings (SSSR count). The molecule has 4 heteroatoms. The van der Waals surface area contributed by atoms with Crippen LogP contribution in [0.5, 0.6) is 0 Å². The molecule has 4 nitrogen and oxygen atoms in total. The number of aliphatic imine (C=N–C) groups is 1. The first kappa shape index (κ1) is 13.5. The number of hydrogen-bond donors (Lipinski definition) is 3. The Labute approximate surface area is 103 Å². The smallest absolute Gasteiger partial charge is 0.191 e. The average molecular weight is 235 g/mol. The van der Waals surface area contributed by atoms with Crippen LogP contribution in [0.3, 0.4) is 0 Å². The quantitative estimate of drug-likeness (QED) is 0.528. The molecular weight excluding hydrogens is 214 g/mol. The fourth-order valence-corrected chi connectivity index (χ4v) is 1.50. The molecule has 0 aliphatic carbocycles. The van der Waals surface area contributed by atoms with Gasteiger partial charge in [-0.2, -0.15) is 0 Å². The van der Waals surface area contributed by atoms with Crippen molar-refractivity contribution in [2.24, 2.45) is 4.99 Å². The first-order chi connectivity index (χ1) is 8.26. The van der Waals surface area contributed by atoms with E-state index in [4.69, 9.17) is 5.11 Å². The van der Waals surface area contributed by atoms with Gasteiger partial charge in [-0.05, 0) is 19.4 Å². The van der Waals surface area contributed by atoms with E-state index in [1.165, 1.54) is 11.1 Å². The van der Waals surface area contributed by atoms with Crippen molar-refractivity contribution in [3.63, 3.8) is 0 Å². The number of nitrogens with one attached hydrogen (secondary N) is 2. The normalized spacial score (nSPS) is 11.4. The van der Waals surface area contributed by atoms with Gasteiger partial charge in [-0.15, -0.1) is 0 Å². The van der Waals surface area contributed by atoms with Gasteiger partial charge in [0.25, 0.3) is 0 Å². The van der Waals surface area contributed by atoms with E-state index in [-0.39, 0.29) is 6.61 Å². The second-order valence-corrected chi connectivity index (χ2v) is 3.83. The standard InChI is InChI=1S/C13H21N3O/c1-3-14-13(15-7-8-17)16-10-12-6-4-5-11(2)9-12/h4-6,9,17H,3,7-8,10H2,1-2H3,(H2,14,15,16). The van der Waals surface area contributed by atoms with Crippen LogP contribution in [0.15, 0.2) is 29.3 Å². The van der Waals surface area contributed by atoms with E-state index in [0.717, 1.165) is 12.5 Å². The summed E-state index contributed by atoms with van der Waals surface area (Å²) in [6.07, 6.45) is 0. The maximum atomic E-state index is 8.76. The molecule has 1 aromatic rings. The molecule has 0 saturated carbocycles. The number of nitrogens with zero attached hydrogens (tertiary/aromatic N) is 1. The van der Waals surface area contributed by atoms with Gasteiger partial charge in [0.2, 0.25) is 0 Å². The third kappa shape index (κ3) is 5.36. The zero-order valence-electron chi connectivity index (χ0n) is 10.5. The van der Waals surface area contributed by atoms with Crippen molar-refractivity contribution in [3.8, 4) is 0 Å². The molecule has 0 unspecified atom stereocenters. The second kappa shape index (κ2) is 7.68. The molecular formula is C13H21N3O. The summed E-state index contributed by atoms with van der Waals surface area (Å²) in [5.41, 5.74) is 2.43. The van der Waals surface area contributed by atoms with Crippen molar-refractivity contribution in [2.75, 3.05) is 19.7 Å². The number of hydrogen-bond acceptors (Lipinski definition) is 2. The average Bonchev–Trinajstić information content (AvgIpc) is 2.33. The van der Waals surface area contributed by atoms with Crippen LogP contribution in [0.1, 0.15) is 18.1 Å². The highest BCUT2D eigenvalue weighted by Crippen LogP contribution is 2.04. The molecule has 0 heterocycles. The van der Waals surface area contributed by atoms with E-state index < -0.39 is 0 Å². The molecule has 0 aromatic heterocycles. The molecule has 1 aromatic carbocycles. The fraction of sp³-hybridized carbons (Fsp3) is 0.462. The van der Waals surface area contributed by atoms with Crippen LogP contribution in [0.25, 0.3) is 0 Å². The lowest BCUT2D eigenvalue weighted by Gasteiger charge is -2.09.